The van der Waals surface area contributed by atoms with E-state index in [0.717, 1.165) is 12.8 Å². The molecule has 0 bridgehead atoms. The van der Waals surface area contributed by atoms with Crippen LogP contribution in [0.2, 0.25) is 0 Å². The minimum Gasteiger partial charge on any atom is -0.487 e. The maximum absolute atomic E-state index is 12.8. The van der Waals surface area contributed by atoms with Crippen molar-refractivity contribution in [1.82, 2.24) is 25.5 Å². The van der Waals surface area contributed by atoms with Gasteiger partial charge < -0.3 is 10.1 Å². The van der Waals surface area contributed by atoms with Gasteiger partial charge in [0.05, 0.1) is 0 Å². The van der Waals surface area contributed by atoms with Crippen molar-refractivity contribution < 1.29 is 14.3 Å². The third-order valence-corrected chi connectivity index (χ3v) is 5.58. The number of hydrogen-bond donors (Lipinski definition) is 2. The summed E-state index contributed by atoms with van der Waals surface area (Å²) in [5.41, 5.74) is 2.50. The van der Waals surface area contributed by atoms with Crippen LogP contribution >= 0.6 is 0 Å². The lowest BCUT2D eigenvalue weighted by molar-refractivity contribution is -0.120. The number of carbonyl (C=O) groups is 2. The molecule has 152 valence electrons. The van der Waals surface area contributed by atoms with Gasteiger partial charge in [0.1, 0.15) is 18.5 Å². The lowest BCUT2D eigenvalue weighted by atomic mass is 10.0. The Bertz CT molecular complexity index is 1130. The van der Waals surface area contributed by atoms with Crippen molar-refractivity contribution in [2.45, 2.75) is 24.8 Å². The van der Waals surface area contributed by atoms with Crippen LogP contribution in [0.3, 0.4) is 0 Å². The molecule has 2 aliphatic rings. The molecule has 1 aliphatic heterocycles. The van der Waals surface area contributed by atoms with E-state index >= 15 is 0 Å². The van der Waals surface area contributed by atoms with Crippen LogP contribution < -0.4 is 15.0 Å². The zero-order valence-corrected chi connectivity index (χ0v) is 16.3. The zero-order chi connectivity index (χ0) is 20.7. The average molecular weight is 404 g/mol. The number of likely N-dealkylation sites (N-methyl/N-ethyl adjacent to an activating group) is 1. The van der Waals surface area contributed by atoms with Crippen LogP contribution in [-0.2, 0) is 11.2 Å². The molecule has 2 N–H and O–H groups in total. The molecule has 5 rings (SSSR count). The van der Waals surface area contributed by atoms with Crippen LogP contribution in [0.25, 0.3) is 0 Å². The number of aromatic amines is 1. The normalized spacial score (nSPS) is 20.2. The molecule has 0 radical (unpaired) electrons. The number of hydrogen-bond acceptors (Lipinski definition) is 6. The largest absolute Gasteiger partial charge is 0.487 e. The van der Waals surface area contributed by atoms with E-state index in [0.29, 0.717) is 17.4 Å². The van der Waals surface area contributed by atoms with E-state index in [1.165, 1.54) is 16.0 Å². The highest BCUT2D eigenvalue weighted by Crippen LogP contribution is 2.36. The summed E-state index contributed by atoms with van der Waals surface area (Å²) >= 11 is 0. The topological polar surface area (TPSA) is 113 Å². The van der Waals surface area contributed by atoms with Crippen molar-refractivity contribution in [3.63, 3.8) is 0 Å². The first kappa shape index (κ1) is 18.3. The highest BCUT2D eigenvalue weighted by molar-refractivity contribution is 6.01. The second-order valence-corrected chi connectivity index (χ2v) is 7.39. The van der Waals surface area contributed by atoms with Gasteiger partial charge >= 0.3 is 0 Å². The molecule has 0 saturated carbocycles. The number of carbonyl (C=O) groups excluding carboxylic acids is 2. The van der Waals surface area contributed by atoms with Crippen molar-refractivity contribution in [3.8, 4) is 5.75 Å². The van der Waals surface area contributed by atoms with Gasteiger partial charge in [-0.1, -0.05) is 24.3 Å². The monoisotopic (exact) mass is 404 g/mol. The predicted molar refractivity (Wildman–Crippen MR) is 107 cm³/mol. The molecular formula is C21H20N6O3. The molecule has 1 aromatic carbocycles. The summed E-state index contributed by atoms with van der Waals surface area (Å²) in [5, 5.41) is 9.66. The lowest BCUT2D eigenvalue weighted by Crippen LogP contribution is -2.49. The van der Waals surface area contributed by atoms with Gasteiger partial charge in [-0.15, -0.1) is 5.10 Å². The number of aryl methyl sites for hydroxylation is 1. The maximum atomic E-state index is 12.8. The van der Waals surface area contributed by atoms with Crippen molar-refractivity contribution in [2.75, 3.05) is 18.6 Å². The first-order valence-corrected chi connectivity index (χ1v) is 9.78. The van der Waals surface area contributed by atoms with Gasteiger partial charge in [-0.25, -0.2) is 9.97 Å². The van der Waals surface area contributed by atoms with E-state index in [-0.39, 0.29) is 24.3 Å². The van der Waals surface area contributed by atoms with E-state index in [1.54, 1.807) is 25.4 Å². The van der Waals surface area contributed by atoms with Gasteiger partial charge in [-0.05, 0) is 36.1 Å². The Morgan fingerprint density at radius 3 is 3.03 bits per heavy atom. The van der Waals surface area contributed by atoms with Crippen molar-refractivity contribution in [3.05, 3.63) is 65.4 Å². The summed E-state index contributed by atoms with van der Waals surface area (Å²) in [6.45, 7) is 0.000880. The second-order valence-electron chi connectivity index (χ2n) is 7.39. The Morgan fingerprint density at radius 1 is 1.27 bits per heavy atom. The van der Waals surface area contributed by atoms with Crippen LogP contribution in [0.4, 0.5) is 5.82 Å². The van der Waals surface area contributed by atoms with Gasteiger partial charge in [-0.3, -0.25) is 19.6 Å². The fourth-order valence-electron chi connectivity index (χ4n) is 4.03. The number of rotatable bonds is 3. The second kappa shape index (κ2) is 7.25. The summed E-state index contributed by atoms with van der Waals surface area (Å²) < 4.78 is 5.68. The molecule has 9 heteroatoms. The summed E-state index contributed by atoms with van der Waals surface area (Å²) in [5.74, 6) is 0.806. The predicted octanol–water partition coefficient (Wildman–Crippen LogP) is 1.43. The minimum absolute atomic E-state index is 0.000880. The van der Waals surface area contributed by atoms with Gasteiger partial charge in [0.2, 0.25) is 5.82 Å². The third-order valence-electron chi connectivity index (χ3n) is 5.58. The van der Waals surface area contributed by atoms with Crippen LogP contribution in [0.1, 0.15) is 39.9 Å². The van der Waals surface area contributed by atoms with Gasteiger partial charge in [0.25, 0.3) is 11.8 Å². The molecule has 3 aromatic rings. The standard InChI is InChI=1S/C21H20N6O3/c1-27-19-16(7-4-10-22-19)30-11-15(21(27)29)23-20(28)18-24-17(25-26-18)14-9-8-12-5-2-3-6-13(12)14/h2-7,10,14-15H,8-9,11H2,1H3,(H,23,28)(H,24,25,26). The number of H-pyrrole nitrogens is 1. The molecule has 1 aliphatic carbocycles. The highest BCUT2D eigenvalue weighted by Gasteiger charge is 2.33. The fourth-order valence-corrected chi connectivity index (χ4v) is 4.03. The van der Waals surface area contributed by atoms with Gasteiger partial charge in [-0.2, -0.15) is 0 Å². The van der Waals surface area contributed by atoms with E-state index in [1.807, 2.05) is 12.1 Å². The molecule has 0 fully saturated rings. The fraction of sp³-hybridized carbons (Fsp3) is 0.286. The van der Waals surface area contributed by atoms with E-state index in [2.05, 4.69) is 37.6 Å². The van der Waals surface area contributed by atoms with E-state index in [9.17, 15) is 9.59 Å². The molecule has 2 unspecified atom stereocenters. The summed E-state index contributed by atoms with van der Waals surface area (Å²) in [6, 6.07) is 10.8. The quantitative estimate of drug-likeness (QED) is 0.683. The summed E-state index contributed by atoms with van der Waals surface area (Å²) in [4.78, 5) is 35.5. The zero-order valence-electron chi connectivity index (χ0n) is 16.3. The van der Waals surface area contributed by atoms with Gasteiger partial charge in [0, 0.05) is 19.2 Å². The number of ether oxygens (including phenoxy) is 1. The van der Waals surface area contributed by atoms with E-state index < -0.39 is 11.9 Å². The van der Waals surface area contributed by atoms with Crippen LogP contribution in [0, 0.1) is 0 Å². The molecule has 3 heterocycles. The molecule has 2 aromatic heterocycles. The molecule has 9 nitrogen and oxygen atoms in total. The lowest BCUT2D eigenvalue weighted by Gasteiger charge is -2.18. The molecule has 0 saturated heterocycles. The van der Waals surface area contributed by atoms with Crippen molar-refractivity contribution >= 4 is 17.6 Å². The number of benzene rings is 1. The van der Waals surface area contributed by atoms with Crippen LogP contribution in [-0.4, -0.2) is 51.7 Å². The molecule has 0 spiro atoms. The molecule has 2 amide bonds. The molecule has 30 heavy (non-hydrogen) atoms. The number of nitrogens with one attached hydrogen (secondary N) is 2. The number of pyridine rings is 1. The molecular weight excluding hydrogens is 384 g/mol. The summed E-state index contributed by atoms with van der Waals surface area (Å²) in [7, 11) is 1.60. The Balaban J connectivity index is 1.32. The highest BCUT2D eigenvalue weighted by atomic mass is 16.5. The number of amides is 2. The number of anilines is 1. The van der Waals surface area contributed by atoms with Crippen molar-refractivity contribution in [1.29, 1.82) is 0 Å². The maximum Gasteiger partial charge on any atom is 0.291 e. The van der Waals surface area contributed by atoms with E-state index in [4.69, 9.17) is 4.74 Å². The van der Waals surface area contributed by atoms with Crippen LogP contribution in [0.5, 0.6) is 5.75 Å². The first-order valence-electron chi connectivity index (χ1n) is 9.78. The van der Waals surface area contributed by atoms with Crippen LogP contribution in [0.15, 0.2) is 42.6 Å². The third kappa shape index (κ3) is 3.08. The van der Waals surface area contributed by atoms with Gasteiger partial charge in [0.15, 0.2) is 11.6 Å². The Labute approximate surface area is 172 Å². The molecule has 2 atom stereocenters. The minimum atomic E-state index is -0.870. The van der Waals surface area contributed by atoms with Crippen molar-refractivity contribution in [2.24, 2.45) is 0 Å². The SMILES string of the molecule is CN1C(=O)C(NC(=O)c2n[nH]c(C3CCc4ccccc43)n2)COc2cccnc21. The Hall–Kier alpha value is -3.75. The number of nitrogens with zero attached hydrogens (tertiary/aromatic N) is 4. The first-order chi connectivity index (χ1) is 14.6. The number of fused-ring (bicyclic) bond motifs is 2. The smallest absolute Gasteiger partial charge is 0.291 e. The summed E-state index contributed by atoms with van der Waals surface area (Å²) in [6.07, 6.45) is 3.47. The number of aromatic nitrogens is 4. The Kier molecular flexibility index (Phi) is 4.42. The average Bonchev–Trinajstić information content (AvgIpc) is 3.40. The Morgan fingerprint density at radius 2 is 2.13 bits per heavy atom.